The number of rotatable bonds is 10. The summed E-state index contributed by atoms with van der Waals surface area (Å²) in [5.74, 6) is -0.698. The van der Waals surface area contributed by atoms with E-state index in [-0.39, 0.29) is 30.1 Å². The standard InChI is InChI=1S/C26H26ClN3O4/c1-2-28-26(32)24(16-19-10-4-3-5-11-19)29(18-21-13-6-8-14-22(21)27)25(31)17-20-12-7-9-15-23(20)30(33)34/h3-15,24H,2,16-18H2,1H3,(H,28,32)/t24-/m0/s1. The number of carbonyl (C=O) groups excluding carboxylic acids is 2. The van der Waals surface area contributed by atoms with Crippen LogP contribution in [0.25, 0.3) is 0 Å². The Balaban J connectivity index is 2.01. The van der Waals surface area contributed by atoms with Crippen LogP contribution in [0.5, 0.6) is 0 Å². The zero-order valence-corrected chi connectivity index (χ0v) is 19.6. The fraction of sp³-hybridized carbons (Fsp3) is 0.231. The van der Waals surface area contributed by atoms with Gasteiger partial charge in [0.15, 0.2) is 0 Å². The maximum absolute atomic E-state index is 13.6. The number of carbonyl (C=O) groups is 2. The van der Waals surface area contributed by atoms with Crippen LogP contribution in [0.3, 0.4) is 0 Å². The van der Waals surface area contributed by atoms with Gasteiger partial charge in [-0.3, -0.25) is 19.7 Å². The van der Waals surface area contributed by atoms with Crippen molar-refractivity contribution in [2.45, 2.75) is 32.4 Å². The number of likely N-dealkylation sites (N-methyl/N-ethyl adjacent to an activating group) is 1. The molecular formula is C26H26ClN3O4. The molecule has 0 saturated heterocycles. The first-order valence-corrected chi connectivity index (χ1v) is 11.3. The van der Waals surface area contributed by atoms with E-state index in [9.17, 15) is 19.7 Å². The average Bonchev–Trinajstić information content (AvgIpc) is 2.83. The quantitative estimate of drug-likeness (QED) is 0.340. The summed E-state index contributed by atoms with van der Waals surface area (Å²) in [7, 11) is 0. The smallest absolute Gasteiger partial charge is 0.273 e. The first-order chi connectivity index (χ1) is 16.4. The van der Waals surface area contributed by atoms with Gasteiger partial charge in [0, 0.05) is 36.2 Å². The largest absolute Gasteiger partial charge is 0.355 e. The predicted octanol–water partition coefficient (Wildman–Crippen LogP) is 4.57. The molecule has 0 bridgehead atoms. The van der Waals surface area contributed by atoms with Crippen LogP contribution in [-0.4, -0.2) is 34.2 Å². The molecule has 3 aromatic carbocycles. The SMILES string of the molecule is CCNC(=O)[C@H](Cc1ccccc1)N(Cc1ccccc1Cl)C(=O)Cc1ccccc1[N+](=O)[O-]. The zero-order valence-electron chi connectivity index (χ0n) is 18.8. The minimum atomic E-state index is -0.825. The number of halogens is 1. The van der Waals surface area contributed by atoms with Crippen molar-refractivity contribution in [2.24, 2.45) is 0 Å². The first-order valence-electron chi connectivity index (χ1n) is 11.0. The van der Waals surface area contributed by atoms with E-state index in [1.54, 1.807) is 36.4 Å². The number of hydrogen-bond acceptors (Lipinski definition) is 4. The van der Waals surface area contributed by atoms with Gasteiger partial charge in [-0.05, 0) is 24.1 Å². The molecule has 0 heterocycles. The molecule has 1 atom stereocenters. The maximum Gasteiger partial charge on any atom is 0.273 e. The van der Waals surface area contributed by atoms with Gasteiger partial charge in [0.05, 0.1) is 11.3 Å². The van der Waals surface area contributed by atoms with Gasteiger partial charge in [0.25, 0.3) is 5.69 Å². The molecule has 3 aromatic rings. The molecule has 0 spiro atoms. The number of amides is 2. The summed E-state index contributed by atoms with van der Waals surface area (Å²) in [6, 6.07) is 21.8. The second kappa shape index (κ2) is 12.0. The van der Waals surface area contributed by atoms with Crippen molar-refractivity contribution < 1.29 is 14.5 Å². The lowest BCUT2D eigenvalue weighted by atomic mass is 10.0. The van der Waals surface area contributed by atoms with Gasteiger partial charge in [-0.1, -0.05) is 78.3 Å². The summed E-state index contributed by atoms with van der Waals surface area (Å²) in [5, 5.41) is 14.8. The van der Waals surface area contributed by atoms with E-state index >= 15 is 0 Å². The molecule has 0 saturated carbocycles. The summed E-state index contributed by atoms with van der Waals surface area (Å²) < 4.78 is 0. The number of nitrogens with one attached hydrogen (secondary N) is 1. The Labute approximate surface area is 203 Å². The van der Waals surface area contributed by atoms with Crippen LogP contribution in [0, 0.1) is 10.1 Å². The highest BCUT2D eigenvalue weighted by Gasteiger charge is 2.31. The summed E-state index contributed by atoms with van der Waals surface area (Å²) in [5.41, 5.74) is 1.73. The first kappa shape index (κ1) is 24.9. The molecule has 0 aliphatic carbocycles. The molecule has 1 N–H and O–H groups in total. The minimum Gasteiger partial charge on any atom is -0.355 e. The molecule has 0 aromatic heterocycles. The van der Waals surface area contributed by atoms with Crippen molar-refractivity contribution in [3.63, 3.8) is 0 Å². The Kier molecular flexibility index (Phi) is 8.76. The minimum absolute atomic E-state index is 0.0910. The summed E-state index contributed by atoms with van der Waals surface area (Å²) >= 11 is 6.38. The fourth-order valence-corrected chi connectivity index (χ4v) is 3.95. The Morgan fingerprint density at radius 1 is 0.971 bits per heavy atom. The lowest BCUT2D eigenvalue weighted by Gasteiger charge is -2.31. The fourth-order valence-electron chi connectivity index (χ4n) is 3.76. The van der Waals surface area contributed by atoms with Crippen molar-refractivity contribution in [3.05, 3.63) is 111 Å². The molecule has 2 amide bonds. The van der Waals surface area contributed by atoms with E-state index in [0.717, 1.165) is 5.56 Å². The zero-order chi connectivity index (χ0) is 24.5. The van der Waals surface area contributed by atoms with Crippen LogP contribution in [0.15, 0.2) is 78.9 Å². The summed E-state index contributed by atoms with van der Waals surface area (Å²) in [4.78, 5) is 39.2. The Bertz CT molecular complexity index is 1150. The lowest BCUT2D eigenvalue weighted by molar-refractivity contribution is -0.385. The topological polar surface area (TPSA) is 92.6 Å². The number of nitro groups is 1. The van der Waals surface area contributed by atoms with Crippen LogP contribution >= 0.6 is 11.6 Å². The second-order valence-corrected chi connectivity index (χ2v) is 8.18. The normalized spacial score (nSPS) is 11.5. The van der Waals surface area contributed by atoms with E-state index in [0.29, 0.717) is 23.6 Å². The number of nitro benzene ring substituents is 1. The van der Waals surface area contributed by atoms with Crippen molar-refractivity contribution in [1.29, 1.82) is 0 Å². The number of nitrogens with zero attached hydrogens (tertiary/aromatic N) is 2. The molecular weight excluding hydrogens is 454 g/mol. The van der Waals surface area contributed by atoms with Crippen molar-refractivity contribution in [3.8, 4) is 0 Å². The molecule has 0 unspecified atom stereocenters. The molecule has 8 heteroatoms. The highest BCUT2D eigenvalue weighted by molar-refractivity contribution is 6.31. The van der Waals surface area contributed by atoms with E-state index in [2.05, 4.69) is 5.32 Å². The predicted molar refractivity (Wildman–Crippen MR) is 131 cm³/mol. The van der Waals surface area contributed by atoms with E-state index in [4.69, 9.17) is 11.6 Å². The number of para-hydroxylation sites is 1. The van der Waals surface area contributed by atoms with E-state index in [1.165, 1.54) is 11.0 Å². The van der Waals surface area contributed by atoms with Gasteiger partial charge in [0.1, 0.15) is 6.04 Å². The Morgan fingerprint density at radius 3 is 2.24 bits per heavy atom. The van der Waals surface area contributed by atoms with Gasteiger partial charge in [-0.25, -0.2) is 0 Å². The Hall–Kier alpha value is -3.71. The molecule has 0 radical (unpaired) electrons. The van der Waals surface area contributed by atoms with Crippen molar-refractivity contribution in [1.82, 2.24) is 10.2 Å². The molecule has 0 aliphatic rings. The average molecular weight is 480 g/mol. The molecule has 3 rings (SSSR count). The third-order valence-electron chi connectivity index (χ3n) is 5.45. The number of benzene rings is 3. The molecule has 176 valence electrons. The third-order valence-corrected chi connectivity index (χ3v) is 5.82. The summed E-state index contributed by atoms with van der Waals surface area (Å²) in [6.07, 6.45) is 0.0754. The van der Waals surface area contributed by atoms with Crippen LogP contribution in [0.2, 0.25) is 5.02 Å². The second-order valence-electron chi connectivity index (χ2n) is 7.78. The van der Waals surface area contributed by atoms with Gasteiger partial charge < -0.3 is 10.2 Å². The van der Waals surface area contributed by atoms with Gasteiger partial charge in [-0.2, -0.15) is 0 Å². The van der Waals surface area contributed by atoms with Gasteiger partial charge in [-0.15, -0.1) is 0 Å². The lowest BCUT2D eigenvalue weighted by Crippen LogP contribution is -2.51. The molecule has 34 heavy (non-hydrogen) atoms. The van der Waals surface area contributed by atoms with Crippen molar-refractivity contribution in [2.75, 3.05) is 6.54 Å². The highest BCUT2D eigenvalue weighted by Crippen LogP contribution is 2.23. The van der Waals surface area contributed by atoms with Crippen LogP contribution < -0.4 is 5.32 Å². The van der Waals surface area contributed by atoms with Crippen LogP contribution in [0.1, 0.15) is 23.6 Å². The van der Waals surface area contributed by atoms with E-state index in [1.807, 2.05) is 43.3 Å². The monoisotopic (exact) mass is 479 g/mol. The highest BCUT2D eigenvalue weighted by atomic mass is 35.5. The molecule has 7 nitrogen and oxygen atoms in total. The molecule has 0 fully saturated rings. The van der Waals surface area contributed by atoms with Gasteiger partial charge >= 0.3 is 0 Å². The maximum atomic E-state index is 13.6. The Morgan fingerprint density at radius 2 is 1.59 bits per heavy atom. The third kappa shape index (κ3) is 6.42. The van der Waals surface area contributed by atoms with Crippen LogP contribution in [0.4, 0.5) is 5.69 Å². The number of hydrogen-bond donors (Lipinski definition) is 1. The van der Waals surface area contributed by atoms with Gasteiger partial charge in [0.2, 0.25) is 11.8 Å². The van der Waals surface area contributed by atoms with Crippen molar-refractivity contribution >= 4 is 29.1 Å². The van der Waals surface area contributed by atoms with Crippen LogP contribution in [-0.2, 0) is 29.0 Å². The summed E-state index contributed by atoms with van der Waals surface area (Å²) in [6.45, 7) is 2.31. The van der Waals surface area contributed by atoms with E-state index < -0.39 is 16.9 Å². The molecule has 0 aliphatic heterocycles.